The summed E-state index contributed by atoms with van der Waals surface area (Å²) in [5.74, 6) is -0.664. The first-order valence-electron chi connectivity index (χ1n) is 25.8. The minimum Gasteiger partial charge on any atom is -0.461 e. The summed E-state index contributed by atoms with van der Waals surface area (Å²) in [6.45, 7) is 6.32. The fraction of sp³-hybridized carbons (Fsp3) is 0.714. The number of esters is 1. The van der Waals surface area contributed by atoms with E-state index in [4.69, 9.17) is 4.74 Å². The van der Waals surface area contributed by atoms with Crippen LogP contribution in [0.2, 0.25) is 0 Å². The Kier molecular flexibility index (Phi) is 46.7. The molecule has 0 spiro atoms. The van der Waals surface area contributed by atoms with Gasteiger partial charge in [0.05, 0.1) is 25.2 Å². The molecular weight excluding hydrogens is 767 g/mol. The van der Waals surface area contributed by atoms with Gasteiger partial charge in [0.15, 0.2) is 0 Å². The first-order valence-corrected chi connectivity index (χ1v) is 25.8. The van der Waals surface area contributed by atoms with Crippen LogP contribution in [0, 0.1) is 0 Å². The summed E-state index contributed by atoms with van der Waals surface area (Å²) in [6.07, 6.45) is 63.8. The quantitative estimate of drug-likeness (QED) is 0.0322. The van der Waals surface area contributed by atoms with Gasteiger partial charge in [0.1, 0.15) is 6.10 Å². The van der Waals surface area contributed by atoms with Crippen LogP contribution in [0.4, 0.5) is 0 Å². The molecule has 0 fully saturated rings. The van der Waals surface area contributed by atoms with Gasteiger partial charge in [0, 0.05) is 12.8 Å². The third-order valence-corrected chi connectivity index (χ3v) is 11.2. The zero-order valence-electron chi connectivity index (χ0n) is 40.5. The lowest BCUT2D eigenvalue weighted by Gasteiger charge is -2.24. The maximum atomic E-state index is 13.2. The van der Waals surface area contributed by atoms with Crippen LogP contribution in [-0.2, 0) is 14.3 Å². The van der Waals surface area contributed by atoms with Crippen LogP contribution in [0.5, 0.6) is 0 Å². The number of hydrogen-bond acceptors (Lipinski definition) is 5. The summed E-state index contributed by atoms with van der Waals surface area (Å²) in [4.78, 5) is 26.0. The van der Waals surface area contributed by atoms with Gasteiger partial charge in [0.25, 0.3) is 0 Å². The van der Waals surface area contributed by atoms with Crippen LogP contribution in [0.15, 0.2) is 85.1 Å². The molecule has 356 valence electrons. The van der Waals surface area contributed by atoms with Crippen molar-refractivity contribution in [2.24, 2.45) is 0 Å². The minimum atomic E-state index is -0.824. The molecule has 6 nitrogen and oxygen atoms in total. The molecule has 0 heterocycles. The first-order chi connectivity index (χ1) is 30.5. The number of rotatable bonds is 45. The molecule has 0 aromatic carbocycles. The van der Waals surface area contributed by atoms with E-state index >= 15 is 0 Å². The number of allylic oxidation sites excluding steroid dienone is 13. The number of ether oxygens (including phenoxy) is 1. The molecule has 0 aromatic rings. The van der Waals surface area contributed by atoms with Gasteiger partial charge in [-0.05, 0) is 64.2 Å². The van der Waals surface area contributed by atoms with Gasteiger partial charge in [-0.3, -0.25) is 9.59 Å². The van der Waals surface area contributed by atoms with Crippen molar-refractivity contribution in [1.29, 1.82) is 0 Å². The van der Waals surface area contributed by atoms with Crippen molar-refractivity contribution in [2.45, 2.75) is 251 Å². The molecule has 3 N–H and O–H groups in total. The predicted molar refractivity (Wildman–Crippen MR) is 268 cm³/mol. The summed E-state index contributed by atoms with van der Waals surface area (Å²) >= 11 is 0. The number of nitrogens with one attached hydrogen (secondary N) is 1. The van der Waals surface area contributed by atoms with Crippen molar-refractivity contribution in [3.63, 3.8) is 0 Å². The number of amides is 1. The lowest BCUT2D eigenvalue weighted by atomic mass is 10.0. The van der Waals surface area contributed by atoms with Gasteiger partial charge in [0.2, 0.25) is 5.91 Å². The smallest absolute Gasteiger partial charge is 0.306 e. The molecular formula is C56H97NO5. The molecule has 3 unspecified atom stereocenters. The van der Waals surface area contributed by atoms with Crippen LogP contribution in [0.3, 0.4) is 0 Å². The molecule has 62 heavy (non-hydrogen) atoms. The zero-order chi connectivity index (χ0) is 45.2. The Morgan fingerprint density at radius 1 is 0.500 bits per heavy atom. The fourth-order valence-corrected chi connectivity index (χ4v) is 7.33. The average molecular weight is 864 g/mol. The predicted octanol–water partition coefficient (Wildman–Crippen LogP) is 15.6. The molecule has 0 aliphatic carbocycles. The monoisotopic (exact) mass is 864 g/mol. The molecule has 0 aliphatic rings. The van der Waals surface area contributed by atoms with E-state index < -0.39 is 18.2 Å². The van der Waals surface area contributed by atoms with Crippen LogP contribution in [-0.4, -0.2) is 46.9 Å². The highest BCUT2D eigenvalue weighted by molar-refractivity contribution is 5.77. The Balaban J connectivity index is 4.77. The molecule has 0 radical (unpaired) electrons. The Hall–Kier alpha value is -2.96. The molecule has 0 aromatic heterocycles. The molecule has 0 bridgehead atoms. The normalized spacial score (nSPS) is 14.0. The second-order valence-electron chi connectivity index (χ2n) is 17.2. The van der Waals surface area contributed by atoms with Crippen LogP contribution >= 0.6 is 0 Å². The standard InChI is InChI=1S/C56H97NO5/c1-4-7-10-13-16-19-22-25-27-30-32-35-38-41-44-47-52(62-56(61)49-46-43-40-37-34-29-24-21-18-15-12-9-6-3)50-55(60)57-53(51-58)54(59)48-45-42-39-36-33-31-28-26-23-20-17-14-11-8-5-2/h7,10,16,19,25,27,29,32,34-35,40-41,43-44,52-54,58-59H,4-6,8-9,11-15,17-18,20-24,26,28,30-31,33,36-39,42,45-51H2,1-3H3,(H,57,60)/b10-7-,19-16-,27-25-,34-29-,35-32-,43-40+,44-41-. The number of hydrogen-bond donors (Lipinski definition) is 3. The maximum absolute atomic E-state index is 13.2. The summed E-state index contributed by atoms with van der Waals surface area (Å²) in [7, 11) is 0. The van der Waals surface area contributed by atoms with Crippen molar-refractivity contribution in [2.75, 3.05) is 6.61 Å². The molecule has 0 saturated heterocycles. The highest BCUT2D eigenvalue weighted by atomic mass is 16.5. The Labute approximate surface area is 383 Å². The van der Waals surface area contributed by atoms with Gasteiger partial charge >= 0.3 is 5.97 Å². The van der Waals surface area contributed by atoms with E-state index in [1.165, 1.54) is 116 Å². The summed E-state index contributed by atoms with van der Waals surface area (Å²) in [5.41, 5.74) is 0. The van der Waals surface area contributed by atoms with Crippen LogP contribution in [0.25, 0.3) is 0 Å². The molecule has 6 heteroatoms. The van der Waals surface area contributed by atoms with Gasteiger partial charge in [-0.15, -0.1) is 0 Å². The summed E-state index contributed by atoms with van der Waals surface area (Å²) in [6, 6.07) is -0.746. The maximum Gasteiger partial charge on any atom is 0.306 e. The first kappa shape index (κ1) is 59.0. The zero-order valence-corrected chi connectivity index (χ0v) is 40.5. The molecule has 3 atom stereocenters. The lowest BCUT2D eigenvalue weighted by molar-refractivity contribution is -0.150. The van der Waals surface area contributed by atoms with Crippen molar-refractivity contribution >= 4 is 11.9 Å². The molecule has 0 rings (SSSR count). The van der Waals surface area contributed by atoms with Crippen LogP contribution in [0.1, 0.15) is 233 Å². The highest BCUT2D eigenvalue weighted by Gasteiger charge is 2.23. The molecule has 0 aliphatic heterocycles. The Morgan fingerprint density at radius 3 is 1.37 bits per heavy atom. The van der Waals surface area contributed by atoms with E-state index in [2.05, 4.69) is 92.9 Å². The summed E-state index contributed by atoms with van der Waals surface area (Å²) < 4.78 is 5.82. The Morgan fingerprint density at radius 2 is 0.903 bits per heavy atom. The second-order valence-corrected chi connectivity index (χ2v) is 17.2. The third kappa shape index (κ3) is 43.7. The van der Waals surface area contributed by atoms with Crippen molar-refractivity contribution in [3.8, 4) is 0 Å². The van der Waals surface area contributed by atoms with Crippen LogP contribution < -0.4 is 5.32 Å². The average Bonchev–Trinajstić information content (AvgIpc) is 3.26. The number of aliphatic hydroxyl groups excluding tert-OH is 2. The number of carbonyl (C=O) groups excluding carboxylic acids is 2. The number of unbranched alkanes of at least 4 members (excludes halogenated alkanes) is 20. The number of aliphatic hydroxyl groups is 2. The Bertz CT molecular complexity index is 1200. The minimum absolute atomic E-state index is 0.0263. The van der Waals surface area contributed by atoms with E-state index in [9.17, 15) is 19.8 Å². The van der Waals surface area contributed by atoms with E-state index in [-0.39, 0.29) is 31.3 Å². The van der Waals surface area contributed by atoms with E-state index in [0.29, 0.717) is 19.3 Å². The van der Waals surface area contributed by atoms with E-state index in [1.54, 1.807) is 0 Å². The van der Waals surface area contributed by atoms with Crippen molar-refractivity contribution in [3.05, 3.63) is 85.1 Å². The van der Waals surface area contributed by atoms with Crippen molar-refractivity contribution < 1.29 is 24.5 Å². The SMILES string of the molecule is CC/C=C\C/C=C\C/C=C\C/C=C\C/C=C\CC(CC(=O)NC(CO)C(O)CCCCCCCCCCCCCCCCC)OC(=O)CC/C=C/C/C=C\CCCCCCCC. The third-order valence-electron chi connectivity index (χ3n) is 11.2. The topological polar surface area (TPSA) is 95.9 Å². The largest absolute Gasteiger partial charge is 0.461 e. The highest BCUT2D eigenvalue weighted by Crippen LogP contribution is 2.16. The van der Waals surface area contributed by atoms with E-state index in [1.807, 2.05) is 18.2 Å². The van der Waals surface area contributed by atoms with Gasteiger partial charge in [-0.25, -0.2) is 0 Å². The lowest BCUT2D eigenvalue weighted by Crippen LogP contribution is -2.46. The van der Waals surface area contributed by atoms with Gasteiger partial charge < -0.3 is 20.3 Å². The summed E-state index contributed by atoms with van der Waals surface area (Å²) in [5, 5.41) is 23.7. The van der Waals surface area contributed by atoms with E-state index in [0.717, 1.165) is 64.2 Å². The second kappa shape index (κ2) is 49.1. The molecule has 0 saturated carbocycles. The van der Waals surface area contributed by atoms with Gasteiger partial charge in [-0.2, -0.15) is 0 Å². The number of carbonyl (C=O) groups is 2. The molecule has 1 amide bonds. The van der Waals surface area contributed by atoms with Gasteiger partial charge in [-0.1, -0.05) is 234 Å². The van der Waals surface area contributed by atoms with Crippen molar-refractivity contribution in [1.82, 2.24) is 5.32 Å². The fourth-order valence-electron chi connectivity index (χ4n) is 7.33.